The number of carbonyl (C=O) groups is 2. The number of nitrogens with zero attached hydrogens (tertiary/aromatic N) is 2. The number of benzene rings is 2. The van der Waals surface area contributed by atoms with Crippen molar-refractivity contribution in [1.29, 1.82) is 0 Å². The second-order valence-electron chi connectivity index (χ2n) is 8.19. The molecule has 0 saturated carbocycles. The van der Waals surface area contributed by atoms with Crippen LogP contribution in [-0.2, 0) is 32.6 Å². The molecule has 0 aliphatic carbocycles. The summed E-state index contributed by atoms with van der Waals surface area (Å²) in [7, 11) is -3.80. The Morgan fingerprint density at radius 2 is 1.64 bits per heavy atom. The van der Waals surface area contributed by atoms with E-state index < -0.39 is 22.2 Å². The van der Waals surface area contributed by atoms with Crippen LogP contribution in [0.1, 0.15) is 23.6 Å². The molecule has 0 atom stereocenters. The summed E-state index contributed by atoms with van der Waals surface area (Å²) in [5, 5.41) is 10.3. The third-order valence-electron chi connectivity index (χ3n) is 5.43. The Bertz CT molecular complexity index is 1130. The number of carboxylic acid groups (broad SMARTS) is 1. The molecule has 0 spiro atoms. The van der Waals surface area contributed by atoms with E-state index >= 15 is 0 Å². The zero-order valence-corrected chi connectivity index (χ0v) is 20.9. The number of hydrogen-bond acceptors (Lipinski definition) is 5. The van der Waals surface area contributed by atoms with Crippen molar-refractivity contribution in [3.05, 3.63) is 65.2 Å². The average molecular weight is 530 g/mol. The summed E-state index contributed by atoms with van der Waals surface area (Å²) >= 11 is 0. The van der Waals surface area contributed by atoms with Gasteiger partial charge in [-0.1, -0.05) is 48.9 Å². The Labute approximate surface area is 208 Å². The normalized spacial score (nSPS) is 14.2. The Hall–Kier alpha value is -2.96. The molecule has 1 heterocycles. The van der Waals surface area contributed by atoms with Crippen LogP contribution in [0.15, 0.2) is 53.4 Å². The number of carbonyl (C=O) groups excluding carboxylic acids is 1. The van der Waals surface area contributed by atoms with Gasteiger partial charge in [0.15, 0.2) is 0 Å². The van der Waals surface area contributed by atoms with E-state index in [1.807, 2.05) is 50.2 Å². The number of amides is 1. The van der Waals surface area contributed by atoms with Gasteiger partial charge in [0.2, 0.25) is 15.9 Å². The predicted octanol–water partition coefficient (Wildman–Crippen LogP) is 2.81. The van der Waals surface area contributed by atoms with Gasteiger partial charge in [-0.2, -0.15) is 17.5 Å². The monoisotopic (exact) mass is 529 g/mol. The number of halogens is 3. The summed E-state index contributed by atoms with van der Waals surface area (Å²) in [6.45, 7) is 6.66. The Kier molecular flexibility index (Phi) is 10.4. The summed E-state index contributed by atoms with van der Waals surface area (Å²) in [4.78, 5) is 23.7. The molecule has 3 rings (SSSR count). The molecular formula is C24H30F3N3O5S. The van der Waals surface area contributed by atoms with Crippen LogP contribution >= 0.6 is 0 Å². The molecule has 2 aromatic carbocycles. The summed E-state index contributed by atoms with van der Waals surface area (Å²) in [5.74, 6) is -2.92. The number of aryl methyl sites for hydroxylation is 2. The molecule has 1 aliphatic heterocycles. The first kappa shape index (κ1) is 29.3. The second-order valence-corrected chi connectivity index (χ2v) is 10.1. The molecule has 198 valence electrons. The van der Waals surface area contributed by atoms with Crippen LogP contribution in [-0.4, -0.2) is 73.5 Å². The summed E-state index contributed by atoms with van der Waals surface area (Å²) in [6.07, 6.45) is -4.24. The lowest BCUT2D eigenvalue weighted by Gasteiger charge is -2.30. The first-order valence-electron chi connectivity index (χ1n) is 11.3. The zero-order chi connectivity index (χ0) is 26.9. The summed E-state index contributed by atoms with van der Waals surface area (Å²) < 4.78 is 59.8. The zero-order valence-electron chi connectivity index (χ0n) is 20.1. The van der Waals surface area contributed by atoms with Gasteiger partial charge in [-0.05, 0) is 36.6 Å². The number of carboxylic acids is 1. The van der Waals surface area contributed by atoms with Crippen molar-refractivity contribution < 1.29 is 36.3 Å². The fourth-order valence-corrected chi connectivity index (χ4v) is 4.83. The first-order valence-corrected chi connectivity index (χ1v) is 12.7. The van der Waals surface area contributed by atoms with Gasteiger partial charge in [-0.25, -0.2) is 13.2 Å². The number of hydrogen-bond donors (Lipinski definition) is 2. The van der Waals surface area contributed by atoms with Crippen molar-refractivity contribution >= 4 is 21.9 Å². The number of nitrogens with one attached hydrogen (secondary N) is 1. The highest BCUT2D eigenvalue weighted by Crippen LogP contribution is 2.20. The minimum absolute atomic E-state index is 0.159. The number of sulfonamides is 1. The molecule has 2 N–H and O–H groups in total. The van der Waals surface area contributed by atoms with Gasteiger partial charge in [-0.15, -0.1) is 0 Å². The van der Waals surface area contributed by atoms with Crippen molar-refractivity contribution in [2.75, 3.05) is 32.7 Å². The van der Waals surface area contributed by atoms with Crippen molar-refractivity contribution in [3.8, 4) is 0 Å². The minimum Gasteiger partial charge on any atom is -0.475 e. The molecule has 0 radical (unpaired) electrons. The maximum absolute atomic E-state index is 13.4. The Balaban J connectivity index is 0.000000572. The molecule has 0 bridgehead atoms. The fraction of sp³-hybridized carbons (Fsp3) is 0.417. The van der Waals surface area contributed by atoms with Crippen molar-refractivity contribution in [2.45, 2.75) is 37.9 Å². The molecule has 12 heteroatoms. The number of rotatable bonds is 7. The van der Waals surface area contributed by atoms with Gasteiger partial charge in [0.25, 0.3) is 0 Å². The maximum Gasteiger partial charge on any atom is 0.490 e. The molecule has 1 fully saturated rings. The molecule has 36 heavy (non-hydrogen) atoms. The lowest BCUT2D eigenvalue weighted by atomic mass is 10.1. The lowest BCUT2D eigenvalue weighted by molar-refractivity contribution is -0.192. The van der Waals surface area contributed by atoms with Crippen LogP contribution in [0.25, 0.3) is 0 Å². The number of alkyl halides is 3. The first-order chi connectivity index (χ1) is 16.8. The van der Waals surface area contributed by atoms with Crippen LogP contribution in [0.3, 0.4) is 0 Å². The topological polar surface area (TPSA) is 107 Å². The molecule has 1 amide bonds. The van der Waals surface area contributed by atoms with Crippen LogP contribution in [0.2, 0.25) is 0 Å². The van der Waals surface area contributed by atoms with Crippen molar-refractivity contribution in [3.63, 3.8) is 0 Å². The van der Waals surface area contributed by atoms with Crippen LogP contribution in [0, 0.1) is 6.92 Å². The second kappa shape index (κ2) is 12.8. The van der Waals surface area contributed by atoms with Gasteiger partial charge in [0, 0.05) is 32.7 Å². The summed E-state index contributed by atoms with van der Waals surface area (Å²) in [5.41, 5.74) is 3.00. The highest BCUT2D eigenvalue weighted by molar-refractivity contribution is 7.89. The van der Waals surface area contributed by atoms with Crippen molar-refractivity contribution in [2.24, 2.45) is 0 Å². The van der Waals surface area contributed by atoms with E-state index in [4.69, 9.17) is 9.90 Å². The lowest BCUT2D eigenvalue weighted by Crippen LogP contribution is -2.50. The third-order valence-corrected chi connectivity index (χ3v) is 7.24. The standard InChI is InChI=1S/C22H29N3O3S.C2HF3O2/c1-3-19-7-9-21(10-8-19)29(27,28)25(16-20-6-4-5-18(2)15-20)17-22(26)24-13-11-23-12-14-24;3-2(4,5)1(6)7/h4-10,15,23H,3,11-14,16-17H2,1-2H3;(H,6,7). The SMILES string of the molecule is CCc1ccc(S(=O)(=O)N(CC(=O)N2CCNCC2)Cc2cccc(C)c2)cc1.O=C(O)C(F)(F)F. The Morgan fingerprint density at radius 1 is 1.06 bits per heavy atom. The van der Waals surface area contributed by atoms with E-state index in [9.17, 15) is 26.4 Å². The van der Waals surface area contributed by atoms with Crippen LogP contribution in [0.4, 0.5) is 13.2 Å². The van der Waals surface area contributed by atoms with E-state index in [0.717, 1.165) is 36.2 Å². The molecule has 0 unspecified atom stereocenters. The quantitative estimate of drug-likeness (QED) is 0.571. The average Bonchev–Trinajstić information content (AvgIpc) is 2.84. The van der Waals surface area contributed by atoms with E-state index in [0.29, 0.717) is 13.1 Å². The van der Waals surface area contributed by atoms with Gasteiger partial charge >= 0.3 is 12.1 Å². The van der Waals surface area contributed by atoms with E-state index in [-0.39, 0.29) is 23.9 Å². The van der Waals surface area contributed by atoms with Crippen LogP contribution < -0.4 is 5.32 Å². The minimum atomic E-state index is -5.08. The van der Waals surface area contributed by atoms with E-state index in [1.165, 1.54) is 4.31 Å². The molecule has 1 saturated heterocycles. The molecular weight excluding hydrogens is 499 g/mol. The molecule has 8 nitrogen and oxygen atoms in total. The smallest absolute Gasteiger partial charge is 0.475 e. The maximum atomic E-state index is 13.4. The third kappa shape index (κ3) is 8.61. The van der Waals surface area contributed by atoms with Gasteiger partial charge in [0.1, 0.15) is 0 Å². The number of piperazine rings is 1. The highest BCUT2D eigenvalue weighted by atomic mass is 32.2. The van der Waals surface area contributed by atoms with Crippen LogP contribution in [0.5, 0.6) is 0 Å². The molecule has 2 aromatic rings. The predicted molar refractivity (Wildman–Crippen MR) is 128 cm³/mol. The number of aliphatic carboxylic acids is 1. The van der Waals surface area contributed by atoms with E-state index in [2.05, 4.69) is 5.32 Å². The summed E-state index contributed by atoms with van der Waals surface area (Å²) in [6, 6.07) is 14.6. The van der Waals surface area contributed by atoms with Gasteiger partial charge in [-0.3, -0.25) is 4.79 Å². The van der Waals surface area contributed by atoms with Gasteiger partial charge in [0.05, 0.1) is 11.4 Å². The highest BCUT2D eigenvalue weighted by Gasteiger charge is 2.38. The van der Waals surface area contributed by atoms with E-state index in [1.54, 1.807) is 17.0 Å². The fourth-order valence-electron chi connectivity index (χ4n) is 3.45. The van der Waals surface area contributed by atoms with Gasteiger partial charge < -0.3 is 15.3 Å². The van der Waals surface area contributed by atoms with Crippen molar-refractivity contribution in [1.82, 2.24) is 14.5 Å². The molecule has 1 aliphatic rings. The Morgan fingerprint density at radius 3 is 2.14 bits per heavy atom. The largest absolute Gasteiger partial charge is 0.490 e. The molecule has 0 aromatic heterocycles.